The van der Waals surface area contributed by atoms with Crippen molar-refractivity contribution < 1.29 is 9.68 Å². The van der Waals surface area contributed by atoms with Crippen molar-refractivity contribution in [2.45, 2.75) is 39.1 Å². The molecule has 0 amide bonds. The Morgan fingerprint density at radius 3 is 2.07 bits per heavy atom. The summed E-state index contributed by atoms with van der Waals surface area (Å²) < 4.78 is 0. The molecule has 0 saturated heterocycles. The van der Waals surface area contributed by atoms with E-state index in [1.807, 2.05) is 13.8 Å². The monoisotopic (exact) mass is 221 g/mol. The van der Waals surface area contributed by atoms with E-state index in [0.29, 0.717) is 5.23 Å². The van der Waals surface area contributed by atoms with Crippen molar-refractivity contribution >= 4 is 0 Å². The summed E-state index contributed by atoms with van der Waals surface area (Å²) >= 11 is 0. The molecule has 92 valence electrons. The zero-order valence-electron chi connectivity index (χ0n) is 10.2. The first-order valence-corrected chi connectivity index (χ1v) is 4.67. The minimum Gasteiger partial charge on any atom is -0.762 e. The molecular formula is C8H21N4O3-. The van der Waals surface area contributed by atoms with Crippen molar-refractivity contribution in [3.8, 4) is 0 Å². The van der Waals surface area contributed by atoms with Gasteiger partial charge in [0, 0.05) is 0 Å². The van der Waals surface area contributed by atoms with E-state index in [9.17, 15) is 5.21 Å². The van der Waals surface area contributed by atoms with Gasteiger partial charge in [-0.05, 0) is 41.8 Å². The minimum atomic E-state index is -0.861. The summed E-state index contributed by atoms with van der Waals surface area (Å²) in [6.45, 7) is 7.05. The minimum absolute atomic E-state index is 0.373. The molecule has 15 heavy (non-hydrogen) atoms. The van der Waals surface area contributed by atoms with Crippen molar-refractivity contribution in [1.29, 1.82) is 0 Å². The van der Waals surface area contributed by atoms with Gasteiger partial charge in [-0.3, -0.25) is 20.2 Å². The normalized spacial score (nSPS) is 13.6. The molecule has 0 aliphatic rings. The number of rotatable bonds is 7. The molecule has 0 aromatic rings. The molecule has 0 spiro atoms. The van der Waals surface area contributed by atoms with Gasteiger partial charge >= 0.3 is 0 Å². The number of nitrogens with one attached hydrogen (secondary N) is 3. The lowest BCUT2D eigenvalue weighted by molar-refractivity contribution is -0.236. The van der Waals surface area contributed by atoms with Gasteiger partial charge in [-0.25, -0.2) is 5.43 Å². The first-order valence-electron chi connectivity index (χ1n) is 4.67. The van der Waals surface area contributed by atoms with E-state index in [1.54, 1.807) is 20.9 Å². The molecular weight excluding hydrogens is 200 g/mol. The Morgan fingerprint density at radius 2 is 1.67 bits per heavy atom. The molecule has 7 nitrogen and oxygen atoms in total. The standard InChI is InChI=1S/C8H21N4O3/c1-7(2,9-5)14-11-10-8(3,4)15-12(6)13/h9-11H,1-6H3/q-1. The van der Waals surface area contributed by atoms with E-state index >= 15 is 0 Å². The van der Waals surface area contributed by atoms with Crippen molar-refractivity contribution in [2.75, 3.05) is 14.1 Å². The van der Waals surface area contributed by atoms with Gasteiger partial charge in [-0.1, -0.05) is 0 Å². The molecule has 0 aromatic heterocycles. The van der Waals surface area contributed by atoms with Crippen LogP contribution >= 0.6 is 0 Å². The molecule has 0 atom stereocenters. The lowest BCUT2D eigenvalue weighted by Gasteiger charge is -2.35. The number of hydroxylamine groups is 2. The summed E-state index contributed by atoms with van der Waals surface area (Å²) in [7, 11) is 3.04. The fraction of sp³-hybridized carbons (Fsp3) is 1.00. The maximum Gasteiger partial charge on any atom is 0.147 e. The van der Waals surface area contributed by atoms with Gasteiger partial charge in [0.2, 0.25) is 0 Å². The van der Waals surface area contributed by atoms with Crippen LogP contribution in [0.3, 0.4) is 0 Å². The molecule has 0 aliphatic carbocycles. The highest BCUT2D eigenvalue weighted by molar-refractivity contribution is 4.62. The molecule has 0 saturated carbocycles. The number of hydrazine groups is 1. The smallest absolute Gasteiger partial charge is 0.147 e. The summed E-state index contributed by atoms with van der Waals surface area (Å²) in [6.07, 6.45) is 0. The maximum absolute atomic E-state index is 10.6. The highest BCUT2D eigenvalue weighted by Crippen LogP contribution is 2.05. The molecule has 0 fully saturated rings. The van der Waals surface area contributed by atoms with Crippen molar-refractivity contribution in [3.63, 3.8) is 0 Å². The van der Waals surface area contributed by atoms with Gasteiger partial charge in [0.05, 0.1) is 0 Å². The van der Waals surface area contributed by atoms with Crippen LogP contribution < -0.4 is 16.3 Å². The lowest BCUT2D eigenvalue weighted by Crippen LogP contribution is -2.55. The van der Waals surface area contributed by atoms with E-state index in [0.717, 1.165) is 0 Å². The van der Waals surface area contributed by atoms with Gasteiger partial charge in [0.25, 0.3) is 0 Å². The van der Waals surface area contributed by atoms with Gasteiger partial charge < -0.3 is 5.21 Å². The number of nitrogens with zero attached hydrogens (tertiary/aromatic N) is 1. The second kappa shape index (κ2) is 5.71. The Hall–Kier alpha value is -0.280. The zero-order valence-corrected chi connectivity index (χ0v) is 10.2. The van der Waals surface area contributed by atoms with Crippen molar-refractivity contribution in [2.24, 2.45) is 0 Å². The fourth-order valence-electron chi connectivity index (χ4n) is 0.671. The molecule has 0 unspecified atom stereocenters. The number of hydrogen-bond acceptors (Lipinski definition) is 7. The van der Waals surface area contributed by atoms with Crippen LogP contribution in [0.5, 0.6) is 0 Å². The largest absolute Gasteiger partial charge is 0.762 e. The van der Waals surface area contributed by atoms with Gasteiger partial charge in [0.1, 0.15) is 11.4 Å². The van der Waals surface area contributed by atoms with Crippen LogP contribution in [0.15, 0.2) is 0 Å². The Labute approximate surface area is 90.6 Å². The molecule has 0 heterocycles. The van der Waals surface area contributed by atoms with Crippen molar-refractivity contribution in [1.82, 2.24) is 21.6 Å². The molecule has 0 aromatic carbocycles. The zero-order chi connectivity index (χ0) is 12.1. The molecule has 0 bridgehead atoms. The highest BCUT2D eigenvalue weighted by Gasteiger charge is 2.20. The Kier molecular flexibility index (Phi) is 5.60. The topological polar surface area (TPSA) is 80.8 Å². The van der Waals surface area contributed by atoms with Crippen molar-refractivity contribution in [3.05, 3.63) is 5.21 Å². The molecule has 0 aliphatic heterocycles. The summed E-state index contributed by atoms with van der Waals surface area (Å²) in [5.74, 6) is 0. The molecule has 0 rings (SSSR count). The third kappa shape index (κ3) is 7.63. The van der Waals surface area contributed by atoms with E-state index in [1.165, 1.54) is 7.05 Å². The van der Waals surface area contributed by atoms with Crippen LogP contribution in [0.4, 0.5) is 0 Å². The van der Waals surface area contributed by atoms with Gasteiger partial charge in [0.15, 0.2) is 0 Å². The van der Waals surface area contributed by atoms with E-state index in [-0.39, 0.29) is 0 Å². The summed E-state index contributed by atoms with van der Waals surface area (Å²) in [6, 6.07) is 0. The van der Waals surface area contributed by atoms with E-state index in [2.05, 4.69) is 16.3 Å². The average Bonchev–Trinajstić information content (AvgIpc) is 2.00. The first kappa shape index (κ1) is 14.7. The Balaban J connectivity index is 3.84. The fourth-order valence-corrected chi connectivity index (χ4v) is 0.671. The summed E-state index contributed by atoms with van der Waals surface area (Å²) in [5.41, 5.74) is 3.84. The first-order chi connectivity index (χ1) is 6.68. The molecule has 0 radical (unpaired) electrons. The number of hydrogen-bond donors (Lipinski definition) is 3. The van der Waals surface area contributed by atoms with Gasteiger partial charge in [-0.15, -0.1) is 5.59 Å². The predicted molar refractivity (Wildman–Crippen MR) is 56.8 cm³/mol. The van der Waals surface area contributed by atoms with Crippen LogP contribution in [0.2, 0.25) is 0 Å². The lowest BCUT2D eigenvalue weighted by atomic mass is 10.3. The third-order valence-corrected chi connectivity index (χ3v) is 1.62. The summed E-state index contributed by atoms with van der Waals surface area (Å²) in [4.78, 5) is 10.1. The Morgan fingerprint density at radius 1 is 1.13 bits per heavy atom. The second-order valence-corrected chi connectivity index (χ2v) is 4.13. The van der Waals surface area contributed by atoms with Crippen LogP contribution in [-0.4, -0.2) is 30.8 Å². The molecule has 7 heteroatoms. The van der Waals surface area contributed by atoms with Crippen LogP contribution in [0, 0.1) is 5.21 Å². The summed E-state index contributed by atoms with van der Waals surface area (Å²) in [5, 5.41) is 14.0. The maximum atomic E-state index is 10.6. The SMILES string of the molecule is CNC(C)(C)ONNC(C)(C)ON(C)[O-]. The molecule has 3 N–H and O–H groups in total. The van der Waals surface area contributed by atoms with Crippen LogP contribution in [0.1, 0.15) is 27.7 Å². The van der Waals surface area contributed by atoms with Gasteiger partial charge in [-0.2, -0.15) is 0 Å². The average molecular weight is 221 g/mol. The van der Waals surface area contributed by atoms with E-state index < -0.39 is 11.4 Å². The van der Waals surface area contributed by atoms with E-state index in [4.69, 9.17) is 9.68 Å². The second-order valence-electron chi connectivity index (χ2n) is 4.13. The van der Waals surface area contributed by atoms with Crippen LogP contribution in [0.25, 0.3) is 0 Å². The Bertz CT molecular complexity index is 185. The quantitative estimate of drug-likeness (QED) is 0.414. The van der Waals surface area contributed by atoms with Crippen LogP contribution in [-0.2, 0) is 9.68 Å². The highest BCUT2D eigenvalue weighted by atomic mass is 16.9. The predicted octanol–water partition coefficient (Wildman–Crippen LogP) is 0.0650. The third-order valence-electron chi connectivity index (χ3n) is 1.62.